The highest BCUT2D eigenvalue weighted by Gasteiger charge is 2.44. The number of carbonyl (C=O) groups excluding carboxylic acids is 1. The molecule has 0 heterocycles. The Morgan fingerprint density at radius 1 is 1.17 bits per heavy atom. The van der Waals surface area contributed by atoms with Crippen molar-refractivity contribution in [2.24, 2.45) is 35.5 Å². The van der Waals surface area contributed by atoms with Gasteiger partial charge in [0.2, 0.25) is 5.91 Å². The molecule has 0 saturated heterocycles. The lowest BCUT2D eigenvalue weighted by Crippen LogP contribution is -2.46. The van der Waals surface area contributed by atoms with Crippen LogP contribution in [-0.2, 0) is 11.3 Å². The average Bonchev–Trinajstić information content (AvgIpc) is 2.72. The van der Waals surface area contributed by atoms with Crippen molar-refractivity contribution in [3.05, 3.63) is 71.8 Å². The minimum absolute atomic E-state index is 0.0387. The number of aliphatic hydroxyl groups is 1. The highest BCUT2D eigenvalue weighted by Crippen LogP contribution is 2.48. The maximum Gasteiger partial charge on any atom is 0.247 e. The molecule has 29 heavy (non-hydrogen) atoms. The summed E-state index contributed by atoms with van der Waals surface area (Å²) in [6.45, 7) is 9.00. The fraction of sp³-hybridized carbons (Fsp3) is 0.500. The number of amides is 1. The lowest BCUT2D eigenvalue weighted by atomic mass is 9.58. The molecule has 1 fully saturated rings. The monoisotopic (exact) mass is 393 g/mol. The number of allylic oxidation sites excluding steroid dienone is 5. The molecular weight excluding hydrogens is 358 g/mol. The van der Waals surface area contributed by atoms with Crippen molar-refractivity contribution in [1.82, 2.24) is 5.32 Å². The van der Waals surface area contributed by atoms with E-state index in [4.69, 9.17) is 0 Å². The van der Waals surface area contributed by atoms with Crippen molar-refractivity contribution >= 4 is 5.91 Å². The summed E-state index contributed by atoms with van der Waals surface area (Å²) >= 11 is 0. The molecule has 1 amide bonds. The number of hydrogen-bond acceptors (Lipinski definition) is 2. The molecule has 0 unspecified atom stereocenters. The molecular formula is C26H35NO2. The van der Waals surface area contributed by atoms with Crippen LogP contribution in [0.3, 0.4) is 0 Å². The minimum Gasteiger partial charge on any atom is -0.393 e. The van der Waals surface area contributed by atoms with Gasteiger partial charge in [-0.15, -0.1) is 0 Å². The van der Waals surface area contributed by atoms with Gasteiger partial charge in [0.25, 0.3) is 0 Å². The Bertz CT molecular complexity index is 779. The first-order valence-electron chi connectivity index (χ1n) is 10.9. The second-order valence-corrected chi connectivity index (χ2v) is 9.03. The van der Waals surface area contributed by atoms with E-state index in [9.17, 15) is 9.90 Å². The largest absolute Gasteiger partial charge is 0.393 e. The summed E-state index contributed by atoms with van der Waals surface area (Å²) in [6.07, 6.45) is 11.7. The zero-order chi connectivity index (χ0) is 21.0. The lowest BCUT2D eigenvalue weighted by molar-refractivity contribution is -0.117. The maximum absolute atomic E-state index is 12.4. The van der Waals surface area contributed by atoms with E-state index in [1.54, 1.807) is 0 Å². The van der Waals surface area contributed by atoms with E-state index in [-0.39, 0.29) is 17.9 Å². The number of carbonyl (C=O) groups is 1. The smallest absolute Gasteiger partial charge is 0.247 e. The molecule has 2 aliphatic rings. The van der Waals surface area contributed by atoms with Gasteiger partial charge in [-0.2, -0.15) is 0 Å². The number of nitrogens with one attached hydrogen (secondary N) is 1. The fourth-order valence-corrected chi connectivity index (χ4v) is 5.13. The van der Waals surface area contributed by atoms with Crippen LogP contribution < -0.4 is 5.32 Å². The quantitative estimate of drug-likeness (QED) is 0.425. The van der Waals surface area contributed by atoms with Crippen LogP contribution in [0, 0.1) is 35.5 Å². The Balaban J connectivity index is 1.64. The molecule has 0 bridgehead atoms. The van der Waals surface area contributed by atoms with Crippen LogP contribution in [-0.4, -0.2) is 17.1 Å². The van der Waals surface area contributed by atoms with Crippen molar-refractivity contribution in [3.8, 4) is 0 Å². The summed E-state index contributed by atoms with van der Waals surface area (Å²) in [5.74, 6) is 2.42. The van der Waals surface area contributed by atoms with Gasteiger partial charge in [-0.1, -0.05) is 81.5 Å². The molecule has 3 nitrogen and oxygen atoms in total. The molecule has 3 heteroatoms. The summed E-state index contributed by atoms with van der Waals surface area (Å²) in [5.41, 5.74) is 1.80. The third-order valence-electron chi connectivity index (χ3n) is 6.91. The highest BCUT2D eigenvalue weighted by atomic mass is 16.3. The summed E-state index contributed by atoms with van der Waals surface area (Å²) in [7, 11) is 0. The third kappa shape index (κ3) is 5.08. The first-order chi connectivity index (χ1) is 13.9. The van der Waals surface area contributed by atoms with Crippen molar-refractivity contribution in [2.75, 3.05) is 0 Å². The van der Waals surface area contributed by atoms with E-state index in [1.165, 1.54) is 0 Å². The molecule has 1 aromatic carbocycles. The van der Waals surface area contributed by atoms with Gasteiger partial charge >= 0.3 is 0 Å². The predicted molar refractivity (Wildman–Crippen MR) is 119 cm³/mol. The Hall–Kier alpha value is -2.13. The van der Waals surface area contributed by atoms with E-state index in [0.29, 0.717) is 41.7 Å². The van der Waals surface area contributed by atoms with E-state index in [0.717, 1.165) is 12.0 Å². The van der Waals surface area contributed by atoms with E-state index in [1.807, 2.05) is 49.4 Å². The van der Waals surface area contributed by atoms with Crippen molar-refractivity contribution < 1.29 is 9.90 Å². The molecule has 1 aromatic rings. The average molecular weight is 394 g/mol. The first-order valence-corrected chi connectivity index (χ1v) is 10.9. The van der Waals surface area contributed by atoms with Crippen LogP contribution in [0.5, 0.6) is 0 Å². The van der Waals surface area contributed by atoms with Gasteiger partial charge in [0.05, 0.1) is 6.10 Å². The molecule has 1 saturated carbocycles. The molecule has 3 rings (SSSR count). The van der Waals surface area contributed by atoms with Gasteiger partial charge < -0.3 is 10.4 Å². The Morgan fingerprint density at radius 3 is 2.62 bits per heavy atom. The molecule has 156 valence electrons. The zero-order valence-corrected chi connectivity index (χ0v) is 18.1. The van der Waals surface area contributed by atoms with Crippen molar-refractivity contribution in [2.45, 2.75) is 46.8 Å². The Morgan fingerprint density at radius 2 is 1.90 bits per heavy atom. The molecule has 2 N–H and O–H groups in total. The van der Waals surface area contributed by atoms with Crippen LogP contribution in [0.4, 0.5) is 0 Å². The Kier molecular flexibility index (Phi) is 7.13. The SMILES string of the molecule is C/C(=C\C=C\[C@@H]1[C@@H]2[C@H](C)[C@@H](O)[C@H](C)C[C@@H]2C=C[C@H]1C)C(=O)NCc1ccccc1. The molecule has 0 aromatic heterocycles. The topological polar surface area (TPSA) is 49.3 Å². The normalized spacial score (nSPS) is 34.8. The van der Waals surface area contributed by atoms with Gasteiger partial charge in [-0.05, 0) is 54.4 Å². The molecule has 7 atom stereocenters. The summed E-state index contributed by atoms with van der Waals surface area (Å²) in [6, 6.07) is 9.94. The van der Waals surface area contributed by atoms with Gasteiger partial charge in [-0.3, -0.25) is 4.79 Å². The van der Waals surface area contributed by atoms with Crippen LogP contribution in [0.1, 0.15) is 39.7 Å². The lowest BCUT2D eigenvalue weighted by Gasteiger charge is -2.48. The molecule has 2 aliphatic carbocycles. The van der Waals surface area contributed by atoms with Gasteiger partial charge in [0.15, 0.2) is 0 Å². The minimum atomic E-state index is -0.230. The fourth-order valence-electron chi connectivity index (χ4n) is 5.13. The van der Waals surface area contributed by atoms with E-state index < -0.39 is 0 Å². The van der Waals surface area contributed by atoms with Gasteiger partial charge in [-0.25, -0.2) is 0 Å². The van der Waals surface area contributed by atoms with Crippen molar-refractivity contribution in [1.29, 1.82) is 0 Å². The van der Waals surface area contributed by atoms with Crippen LogP contribution in [0.15, 0.2) is 66.3 Å². The number of hydrogen-bond donors (Lipinski definition) is 2. The van der Waals surface area contributed by atoms with Crippen LogP contribution in [0.2, 0.25) is 0 Å². The highest BCUT2D eigenvalue weighted by molar-refractivity contribution is 5.93. The number of benzene rings is 1. The number of rotatable bonds is 5. The third-order valence-corrected chi connectivity index (χ3v) is 6.91. The summed E-state index contributed by atoms with van der Waals surface area (Å²) < 4.78 is 0. The van der Waals surface area contributed by atoms with Gasteiger partial charge in [0.1, 0.15) is 0 Å². The molecule has 0 spiro atoms. The van der Waals surface area contributed by atoms with E-state index in [2.05, 4.69) is 44.3 Å². The first kappa shape index (κ1) is 21.6. The number of fused-ring (bicyclic) bond motifs is 1. The summed E-state index contributed by atoms with van der Waals surface area (Å²) in [5, 5.41) is 13.6. The van der Waals surface area contributed by atoms with Crippen molar-refractivity contribution in [3.63, 3.8) is 0 Å². The standard InChI is InChI=1S/C26H35NO2/c1-17-13-14-22-15-19(3)25(28)20(4)24(22)23(17)12-8-9-18(2)26(29)27-16-21-10-6-5-7-11-21/h5-14,17,19-20,22-25,28H,15-16H2,1-4H3,(H,27,29)/b12-8+,18-9+/t17-,19-,20+,22+,23+,24-,25+/m1/s1. The maximum atomic E-state index is 12.4. The second-order valence-electron chi connectivity index (χ2n) is 9.03. The zero-order valence-electron chi connectivity index (χ0n) is 18.1. The van der Waals surface area contributed by atoms with Crippen LogP contribution >= 0.6 is 0 Å². The van der Waals surface area contributed by atoms with Gasteiger partial charge in [0, 0.05) is 12.1 Å². The Labute approximate surface area is 175 Å². The van der Waals surface area contributed by atoms with E-state index >= 15 is 0 Å². The summed E-state index contributed by atoms with van der Waals surface area (Å²) in [4.78, 5) is 12.4. The number of aliphatic hydroxyl groups excluding tert-OH is 1. The van der Waals surface area contributed by atoms with Crippen LogP contribution in [0.25, 0.3) is 0 Å². The molecule has 0 aliphatic heterocycles. The second kappa shape index (κ2) is 9.58. The predicted octanol–water partition coefficient (Wildman–Crippen LogP) is 4.90. The molecule has 0 radical (unpaired) electrons.